The minimum absolute atomic E-state index is 0.0739. The lowest BCUT2D eigenvalue weighted by Crippen LogP contribution is -2.01. The van der Waals surface area contributed by atoms with Gasteiger partial charge in [-0.1, -0.05) is 22.9 Å². The molecule has 2 aromatic rings. The van der Waals surface area contributed by atoms with E-state index in [1.165, 1.54) is 18.2 Å². The highest BCUT2D eigenvalue weighted by Gasteiger charge is 2.11. The predicted molar refractivity (Wildman–Crippen MR) is 81.3 cm³/mol. The third kappa shape index (κ3) is 4.12. The first-order valence-corrected chi connectivity index (χ1v) is 7.03. The number of non-ortho nitro benzene ring substituents is 1. The summed E-state index contributed by atoms with van der Waals surface area (Å²) in [5.74, 6) is 1.44. The number of nitro benzene ring substituents is 1. The number of benzene rings is 1. The zero-order chi connectivity index (χ0) is 15.4. The quantitative estimate of drug-likeness (QED) is 0.652. The summed E-state index contributed by atoms with van der Waals surface area (Å²) in [5, 5.41) is 10.8. The first-order valence-electron chi connectivity index (χ1n) is 6.24. The highest BCUT2D eigenvalue weighted by Crippen LogP contribution is 2.29. The Balaban J connectivity index is 2.31. The van der Waals surface area contributed by atoms with Crippen LogP contribution in [0.4, 0.5) is 11.5 Å². The van der Waals surface area contributed by atoms with E-state index >= 15 is 0 Å². The predicted octanol–water partition coefficient (Wildman–Crippen LogP) is 3.47. The third-order valence-corrected chi connectivity index (χ3v) is 2.99. The number of hydrogen-bond acceptors (Lipinski definition) is 6. The molecule has 0 fully saturated rings. The average molecular weight is 353 g/mol. The molecule has 0 amide bonds. The number of hydrogen-bond donors (Lipinski definition) is 1. The molecule has 0 unspecified atom stereocenters. The molecule has 8 heteroatoms. The second-order valence-corrected chi connectivity index (χ2v) is 5.22. The summed E-state index contributed by atoms with van der Waals surface area (Å²) in [4.78, 5) is 18.7. The number of nitrogens with two attached hydrogens (primary N) is 1. The molecule has 0 saturated heterocycles. The number of nitrogen functional groups attached to an aromatic ring is 1. The monoisotopic (exact) mass is 352 g/mol. The van der Waals surface area contributed by atoms with E-state index in [0.717, 1.165) is 6.42 Å². The molecule has 2 N–H and O–H groups in total. The average Bonchev–Trinajstić information content (AvgIpc) is 2.37. The van der Waals surface area contributed by atoms with Gasteiger partial charge in [0.1, 0.15) is 17.4 Å². The largest absolute Gasteiger partial charge is 0.439 e. The molecule has 0 bridgehead atoms. The van der Waals surface area contributed by atoms with Gasteiger partial charge in [0.25, 0.3) is 5.69 Å². The van der Waals surface area contributed by atoms with Crippen molar-refractivity contribution in [1.29, 1.82) is 0 Å². The second kappa shape index (κ2) is 6.49. The third-order valence-electron chi connectivity index (χ3n) is 2.53. The van der Waals surface area contributed by atoms with Gasteiger partial charge in [-0.15, -0.1) is 0 Å². The van der Waals surface area contributed by atoms with Crippen molar-refractivity contribution < 1.29 is 9.66 Å². The summed E-state index contributed by atoms with van der Waals surface area (Å²) < 4.78 is 6.10. The number of anilines is 1. The number of aryl methyl sites for hydroxylation is 1. The van der Waals surface area contributed by atoms with Crippen LogP contribution < -0.4 is 10.5 Å². The maximum Gasteiger partial charge on any atom is 0.274 e. The molecule has 1 aromatic carbocycles. The zero-order valence-corrected chi connectivity index (χ0v) is 12.8. The minimum atomic E-state index is -0.492. The standard InChI is InChI=1S/C13H13BrN4O3/c1-2-3-12-16-11(15)7-13(17-12)21-10-5-8(14)4-9(6-10)18(19)20/h4-7H,2-3H2,1H3,(H2,15,16,17). The molecule has 21 heavy (non-hydrogen) atoms. The Labute approximate surface area is 129 Å². The maximum absolute atomic E-state index is 10.8. The molecule has 0 spiro atoms. The molecule has 0 aliphatic rings. The molecule has 7 nitrogen and oxygen atoms in total. The van der Waals surface area contributed by atoms with E-state index in [9.17, 15) is 10.1 Å². The zero-order valence-electron chi connectivity index (χ0n) is 11.2. The maximum atomic E-state index is 10.8. The van der Waals surface area contributed by atoms with Crippen LogP contribution in [-0.2, 0) is 6.42 Å². The van der Waals surface area contributed by atoms with E-state index in [0.29, 0.717) is 28.3 Å². The summed E-state index contributed by atoms with van der Waals surface area (Å²) >= 11 is 3.21. The van der Waals surface area contributed by atoms with Crippen molar-refractivity contribution in [1.82, 2.24) is 9.97 Å². The fourth-order valence-electron chi connectivity index (χ4n) is 1.71. The Morgan fingerprint density at radius 1 is 1.33 bits per heavy atom. The van der Waals surface area contributed by atoms with E-state index in [1.807, 2.05) is 6.92 Å². The number of ether oxygens (including phenoxy) is 1. The summed E-state index contributed by atoms with van der Waals surface area (Å²) in [6, 6.07) is 5.81. The summed E-state index contributed by atoms with van der Waals surface area (Å²) in [6.07, 6.45) is 1.56. The van der Waals surface area contributed by atoms with E-state index in [1.54, 1.807) is 6.07 Å². The van der Waals surface area contributed by atoms with Crippen LogP contribution in [0.2, 0.25) is 0 Å². The SMILES string of the molecule is CCCc1nc(N)cc(Oc2cc(Br)cc([N+](=O)[O-])c2)n1. The Kier molecular flexibility index (Phi) is 4.69. The fraction of sp³-hybridized carbons (Fsp3) is 0.231. The Morgan fingerprint density at radius 3 is 2.76 bits per heavy atom. The van der Waals surface area contributed by atoms with Crippen LogP contribution in [-0.4, -0.2) is 14.9 Å². The highest BCUT2D eigenvalue weighted by molar-refractivity contribution is 9.10. The molecule has 110 valence electrons. The molecule has 0 radical (unpaired) electrons. The molecule has 2 rings (SSSR count). The lowest BCUT2D eigenvalue weighted by atomic mass is 10.3. The molecule has 0 saturated carbocycles. The number of nitro groups is 1. The second-order valence-electron chi connectivity index (χ2n) is 4.30. The van der Waals surface area contributed by atoms with Gasteiger partial charge in [0.15, 0.2) is 0 Å². The van der Waals surface area contributed by atoms with Gasteiger partial charge in [-0.05, 0) is 12.5 Å². The van der Waals surface area contributed by atoms with Crippen molar-refractivity contribution in [3.8, 4) is 11.6 Å². The van der Waals surface area contributed by atoms with Gasteiger partial charge in [-0.25, -0.2) is 4.98 Å². The van der Waals surface area contributed by atoms with Gasteiger partial charge < -0.3 is 10.5 Å². The van der Waals surface area contributed by atoms with Crippen molar-refractivity contribution in [2.45, 2.75) is 19.8 Å². The molecule has 0 aliphatic heterocycles. The van der Waals surface area contributed by atoms with Crippen molar-refractivity contribution in [2.75, 3.05) is 5.73 Å². The van der Waals surface area contributed by atoms with Crippen LogP contribution in [0, 0.1) is 10.1 Å². The van der Waals surface area contributed by atoms with E-state index < -0.39 is 4.92 Å². The fourth-order valence-corrected chi connectivity index (χ4v) is 2.17. The summed E-state index contributed by atoms with van der Waals surface area (Å²) in [7, 11) is 0. The van der Waals surface area contributed by atoms with Crippen LogP contribution in [0.1, 0.15) is 19.2 Å². The number of aromatic nitrogens is 2. The van der Waals surface area contributed by atoms with Crippen molar-refractivity contribution in [2.24, 2.45) is 0 Å². The van der Waals surface area contributed by atoms with Gasteiger partial charge in [0, 0.05) is 23.0 Å². The van der Waals surface area contributed by atoms with E-state index in [-0.39, 0.29) is 11.6 Å². The van der Waals surface area contributed by atoms with Crippen molar-refractivity contribution >= 4 is 27.4 Å². The van der Waals surface area contributed by atoms with Crippen molar-refractivity contribution in [3.63, 3.8) is 0 Å². The molecule has 1 aromatic heterocycles. The first kappa shape index (κ1) is 15.2. The van der Waals surface area contributed by atoms with Crippen LogP contribution in [0.15, 0.2) is 28.7 Å². The lowest BCUT2D eigenvalue weighted by molar-refractivity contribution is -0.385. The van der Waals surface area contributed by atoms with Crippen LogP contribution in [0.25, 0.3) is 0 Å². The van der Waals surface area contributed by atoms with Gasteiger partial charge in [0.2, 0.25) is 5.88 Å². The number of halogens is 1. The summed E-state index contributed by atoms with van der Waals surface area (Å²) in [6.45, 7) is 2.00. The Hall–Kier alpha value is -2.22. The van der Waals surface area contributed by atoms with Crippen LogP contribution in [0.5, 0.6) is 11.6 Å². The number of rotatable bonds is 5. The molecule has 0 aliphatic carbocycles. The van der Waals surface area contributed by atoms with Crippen LogP contribution >= 0.6 is 15.9 Å². The first-order chi connectivity index (χ1) is 9.97. The topological polar surface area (TPSA) is 104 Å². The smallest absolute Gasteiger partial charge is 0.274 e. The molecular weight excluding hydrogens is 340 g/mol. The van der Waals surface area contributed by atoms with E-state index in [4.69, 9.17) is 10.5 Å². The molecular formula is C13H13BrN4O3. The van der Waals surface area contributed by atoms with Gasteiger partial charge in [-0.3, -0.25) is 10.1 Å². The minimum Gasteiger partial charge on any atom is -0.439 e. The Morgan fingerprint density at radius 2 is 2.10 bits per heavy atom. The highest BCUT2D eigenvalue weighted by atomic mass is 79.9. The molecule has 0 atom stereocenters. The van der Waals surface area contributed by atoms with Gasteiger partial charge >= 0.3 is 0 Å². The Bertz CT molecular complexity index is 678. The molecule has 1 heterocycles. The van der Waals surface area contributed by atoms with Gasteiger partial charge in [-0.2, -0.15) is 4.98 Å². The van der Waals surface area contributed by atoms with Crippen molar-refractivity contribution in [3.05, 3.63) is 44.7 Å². The van der Waals surface area contributed by atoms with E-state index in [2.05, 4.69) is 25.9 Å². The number of nitrogens with zero attached hydrogens (tertiary/aromatic N) is 3. The summed E-state index contributed by atoms with van der Waals surface area (Å²) in [5.41, 5.74) is 5.63. The normalized spacial score (nSPS) is 10.4. The van der Waals surface area contributed by atoms with Gasteiger partial charge in [0.05, 0.1) is 11.0 Å². The van der Waals surface area contributed by atoms with Crippen LogP contribution in [0.3, 0.4) is 0 Å². The lowest BCUT2D eigenvalue weighted by Gasteiger charge is -2.07.